The Hall–Kier alpha value is -1.09. The molecule has 1 saturated heterocycles. The van der Waals surface area contributed by atoms with Crippen molar-refractivity contribution in [3.05, 3.63) is 23.4 Å². The Labute approximate surface area is 117 Å². The van der Waals surface area contributed by atoms with E-state index >= 15 is 0 Å². The molecule has 0 bridgehead atoms. The molecule has 1 aliphatic rings. The van der Waals surface area contributed by atoms with Gasteiger partial charge in [0.2, 0.25) is 0 Å². The topological polar surface area (TPSA) is 19.4 Å². The van der Waals surface area contributed by atoms with Gasteiger partial charge in [0.1, 0.15) is 5.82 Å². The Kier molecular flexibility index (Phi) is 4.46. The number of piperidine rings is 1. The van der Waals surface area contributed by atoms with Gasteiger partial charge in [-0.05, 0) is 51.8 Å². The summed E-state index contributed by atoms with van der Waals surface area (Å²) in [6.07, 6.45) is 3.93. The van der Waals surface area contributed by atoms with Crippen molar-refractivity contribution in [2.75, 3.05) is 25.5 Å². The SMILES string of the molecule is Cc1nc(N(C)C)ccc1[C@@H]1CCCCN1C(C)C. The van der Waals surface area contributed by atoms with Crippen molar-refractivity contribution < 1.29 is 0 Å². The zero-order chi connectivity index (χ0) is 14.0. The van der Waals surface area contributed by atoms with Crippen molar-refractivity contribution in [1.82, 2.24) is 9.88 Å². The summed E-state index contributed by atoms with van der Waals surface area (Å²) >= 11 is 0. The standard InChI is InChI=1S/C16H27N3/c1-12(2)19-11-7-6-8-15(19)14-9-10-16(18(4)5)17-13(14)3/h9-10,12,15H,6-8,11H2,1-5H3/t15-/m0/s1. The van der Waals surface area contributed by atoms with Crippen molar-refractivity contribution in [3.8, 4) is 0 Å². The molecule has 0 radical (unpaired) electrons. The first-order valence-electron chi connectivity index (χ1n) is 7.41. The summed E-state index contributed by atoms with van der Waals surface area (Å²) in [6.45, 7) is 7.97. The average molecular weight is 261 g/mol. The smallest absolute Gasteiger partial charge is 0.128 e. The molecule has 1 aliphatic heterocycles. The molecule has 0 saturated carbocycles. The molecule has 2 heterocycles. The molecule has 19 heavy (non-hydrogen) atoms. The maximum absolute atomic E-state index is 4.74. The fraction of sp³-hybridized carbons (Fsp3) is 0.688. The van der Waals surface area contributed by atoms with Gasteiger partial charge >= 0.3 is 0 Å². The second kappa shape index (κ2) is 5.91. The normalized spacial score (nSPS) is 20.8. The highest BCUT2D eigenvalue weighted by Crippen LogP contribution is 2.34. The van der Waals surface area contributed by atoms with Gasteiger partial charge in [-0.25, -0.2) is 4.98 Å². The van der Waals surface area contributed by atoms with Crippen LogP contribution in [0.2, 0.25) is 0 Å². The van der Waals surface area contributed by atoms with E-state index in [9.17, 15) is 0 Å². The molecule has 3 nitrogen and oxygen atoms in total. The van der Waals surface area contributed by atoms with Gasteiger partial charge in [0, 0.05) is 31.9 Å². The monoisotopic (exact) mass is 261 g/mol. The van der Waals surface area contributed by atoms with Gasteiger partial charge in [0.05, 0.1) is 0 Å². The highest BCUT2D eigenvalue weighted by atomic mass is 15.2. The molecular weight excluding hydrogens is 234 g/mol. The first-order chi connectivity index (χ1) is 9.00. The van der Waals surface area contributed by atoms with Crippen LogP contribution in [0.1, 0.15) is 50.4 Å². The third-order valence-corrected chi connectivity index (χ3v) is 4.14. The van der Waals surface area contributed by atoms with Crippen LogP contribution in [0.5, 0.6) is 0 Å². The van der Waals surface area contributed by atoms with Crippen molar-refractivity contribution in [2.45, 2.75) is 52.1 Å². The number of pyridine rings is 1. The minimum absolute atomic E-state index is 0.553. The van der Waals surface area contributed by atoms with Crippen LogP contribution in [-0.2, 0) is 0 Å². The number of aromatic nitrogens is 1. The summed E-state index contributed by atoms with van der Waals surface area (Å²) in [5.74, 6) is 1.05. The summed E-state index contributed by atoms with van der Waals surface area (Å²) in [7, 11) is 4.09. The fourth-order valence-corrected chi connectivity index (χ4v) is 3.07. The highest BCUT2D eigenvalue weighted by Gasteiger charge is 2.27. The second-order valence-electron chi connectivity index (χ2n) is 6.08. The Bertz CT molecular complexity index is 426. The van der Waals surface area contributed by atoms with Crippen LogP contribution in [-0.4, -0.2) is 36.6 Å². The minimum atomic E-state index is 0.553. The summed E-state index contributed by atoms with van der Waals surface area (Å²) in [5.41, 5.74) is 2.60. The van der Waals surface area contributed by atoms with Gasteiger partial charge in [-0.3, -0.25) is 4.90 Å². The minimum Gasteiger partial charge on any atom is -0.363 e. The summed E-state index contributed by atoms with van der Waals surface area (Å²) in [4.78, 5) is 9.44. The van der Waals surface area contributed by atoms with Gasteiger partial charge in [-0.2, -0.15) is 0 Å². The van der Waals surface area contributed by atoms with Crippen molar-refractivity contribution >= 4 is 5.82 Å². The Morgan fingerprint density at radius 3 is 2.58 bits per heavy atom. The summed E-state index contributed by atoms with van der Waals surface area (Å²) in [5, 5.41) is 0. The molecular formula is C16H27N3. The molecule has 1 aromatic heterocycles. The zero-order valence-corrected chi connectivity index (χ0v) is 13.0. The van der Waals surface area contributed by atoms with E-state index in [2.05, 4.69) is 42.7 Å². The molecule has 0 spiro atoms. The zero-order valence-electron chi connectivity index (χ0n) is 13.0. The molecule has 1 fully saturated rings. The highest BCUT2D eigenvalue weighted by molar-refractivity contribution is 5.41. The van der Waals surface area contributed by atoms with Crippen LogP contribution in [0.15, 0.2) is 12.1 Å². The molecule has 106 valence electrons. The van der Waals surface area contributed by atoms with E-state index in [0.29, 0.717) is 12.1 Å². The first kappa shape index (κ1) is 14.3. The van der Waals surface area contributed by atoms with E-state index in [-0.39, 0.29) is 0 Å². The molecule has 0 aliphatic carbocycles. The van der Waals surface area contributed by atoms with Gasteiger partial charge in [0.25, 0.3) is 0 Å². The van der Waals surface area contributed by atoms with E-state index in [0.717, 1.165) is 5.82 Å². The number of nitrogens with zero attached hydrogens (tertiary/aromatic N) is 3. The molecule has 1 aromatic rings. The maximum atomic E-state index is 4.74. The Morgan fingerprint density at radius 2 is 2.00 bits per heavy atom. The number of likely N-dealkylation sites (tertiary alicyclic amines) is 1. The van der Waals surface area contributed by atoms with E-state index in [1.807, 2.05) is 14.1 Å². The lowest BCUT2D eigenvalue weighted by molar-refractivity contribution is 0.111. The third kappa shape index (κ3) is 3.08. The summed E-state index contributed by atoms with van der Waals surface area (Å²) < 4.78 is 0. The second-order valence-corrected chi connectivity index (χ2v) is 6.08. The first-order valence-corrected chi connectivity index (χ1v) is 7.41. The van der Waals surface area contributed by atoms with Crippen molar-refractivity contribution in [3.63, 3.8) is 0 Å². The molecule has 0 unspecified atom stereocenters. The van der Waals surface area contributed by atoms with E-state index in [4.69, 9.17) is 4.98 Å². The predicted octanol–water partition coefficient (Wildman–Crippen LogP) is 3.39. The van der Waals surface area contributed by atoms with Gasteiger partial charge in [0.15, 0.2) is 0 Å². The molecule has 1 atom stereocenters. The van der Waals surface area contributed by atoms with E-state index < -0.39 is 0 Å². The number of hydrogen-bond acceptors (Lipinski definition) is 3. The largest absolute Gasteiger partial charge is 0.363 e. The average Bonchev–Trinajstić information content (AvgIpc) is 2.38. The summed E-state index contributed by atoms with van der Waals surface area (Å²) in [6, 6.07) is 5.59. The Morgan fingerprint density at radius 1 is 1.26 bits per heavy atom. The molecule has 0 amide bonds. The van der Waals surface area contributed by atoms with Crippen LogP contribution in [0.25, 0.3) is 0 Å². The quantitative estimate of drug-likeness (QED) is 0.831. The van der Waals surface area contributed by atoms with Crippen LogP contribution < -0.4 is 4.90 Å². The van der Waals surface area contributed by atoms with Crippen molar-refractivity contribution in [2.24, 2.45) is 0 Å². The van der Waals surface area contributed by atoms with Crippen LogP contribution >= 0.6 is 0 Å². The predicted molar refractivity (Wildman–Crippen MR) is 81.7 cm³/mol. The fourth-order valence-electron chi connectivity index (χ4n) is 3.07. The van der Waals surface area contributed by atoms with Crippen molar-refractivity contribution in [1.29, 1.82) is 0 Å². The molecule has 0 aromatic carbocycles. The van der Waals surface area contributed by atoms with Crippen LogP contribution in [0.4, 0.5) is 5.82 Å². The lowest BCUT2D eigenvalue weighted by atomic mass is 9.93. The number of hydrogen-bond donors (Lipinski definition) is 0. The van der Waals surface area contributed by atoms with Gasteiger partial charge in [-0.15, -0.1) is 0 Å². The number of aryl methyl sites for hydroxylation is 1. The maximum Gasteiger partial charge on any atom is 0.128 e. The Balaban J connectivity index is 2.29. The lowest BCUT2D eigenvalue weighted by Gasteiger charge is -2.39. The van der Waals surface area contributed by atoms with Crippen LogP contribution in [0, 0.1) is 6.92 Å². The third-order valence-electron chi connectivity index (χ3n) is 4.14. The lowest BCUT2D eigenvalue weighted by Crippen LogP contribution is -2.38. The number of rotatable bonds is 3. The van der Waals surface area contributed by atoms with Gasteiger partial charge in [-0.1, -0.05) is 12.5 Å². The molecule has 0 N–H and O–H groups in total. The molecule has 2 rings (SSSR count). The number of anilines is 1. The van der Waals surface area contributed by atoms with Crippen LogP contribution in [0.3, 0.4) is 0 Å². The van der Waals surface area contributed by atoms with E-state index in [1.54, 1.807) is 0 Å². The molecule has 3 heteroatoms. The van der Waals surface area contributed by atoms with E-state index in [1.165, 1.54) is 37.1 Å². The van der Waals surface area contributed by atoms with Gasteiger partial charge < -0.3 is 4.90 Å².